The number of hydrogen-bond acceptors (Lipinski definition) is 7. The first-order chi connectivity index (χ1) is 15.2. The number of hydrogen-bond donors (Lipinski definition) is 1. The molecule has 2 aromatic carbocycles. The van der Waals surface area contributed by atoms with E-state index in [1.165, 1.54) is 0 Å². The summed E-state index contributed by atoms with van der Waals surface area (Å²) in [5, 5.41) is 5.29. The molecule has 0 radical (unpaired) electrons. The number of rotatable bonds is 6. The maximum atomic E-state index is 6.18. The Kier molecular flexibility index (Phi) is 5.34. The van der Waals surface area contributed by atoms with Crippen molar-refractivity contribution in [1.29, 1.82) is 0 Å². The van der Waals surface area contributed by atoms with E-state index < -0.39 is 0 Å². The van der Waals surface area contributed by atoms with Gasteiger partial charge in [0.2, 0.25) is 0 Å². The first-order valence-electron chi connectivity index (χ1n) is 10.6. The van der Waals surface area contributed by atoms with E-state index in [-0.39, 0.29) is 0 Å². The quantitative estimate of drug-likeness (QED) is 0.480. The van der Waals surface area contributed by atoms with Crippen molar-refractivity contribution in [3.8, 4) is 11.5 Å². The minimum Gasteiger partial charge on any atom is -0.493 e. The molecule has 2 aromatic heterocycles. The van der Waals surface area contributed by atoms with Gasteiger partial charge in [-0.25, -0.2) is 9.97 Å². The van der Waals surface area contributed by atoms with Crippen LogP contribution in [0.25, 0.3) is 21.9 Å². The number of fused-ring (bicyclic) bond motifs is 2. The van der Waals surface area contributed by atoms with Crippen LogP contribution < -0.4 is 14.8 Å². The highest BCUT2D eigenvalue weighted by molar-refractivity contribution is 5.97. The lowest BCUT2D eigenvalue weighted by molar-refractivity contribution is 0.157. The molecule has 5 rings (SSSR count). The van der Waals surface area contributed by atoms with Crippen molar-refractivity contribution >= 4 is 33.4 Å². The number of furan rings is 1. The van der Waals surface area contributed by atoms with Crippen LogP contribution >= 0.6 is 0 Å². The molecule has 31 heavy (non-hydrogen) atoms. The van der Waals surface area contributed by atoms with Crippen LogP contribution in [0.3, 0.4) is 0 Å². The molecule has 3 heterocycles. The van der Waals surface area contributed by atoms with Gasteiger partial charge in [-0.15, -0.1) is 0 Å². The van der Waals surface area contributed by atoms with Crippen LogP contribution in [0.15, 0.2) is 53.4 Å². The molecule has 0 aliphatic carbocycles. The fourth-order valence-corrected chi connectivity index (χ4v) is 4.10. The number of anilines is 2. The number of likely N-dealkylation sites (tertiary alicyclic amines) is 1. The highest BCUT2D eigenvalue weighted by Gasteiger charge is 2.19. The second-order valence-corrected chi connectivity index (χ2v) is 8.06. The standard InChI is InChI=1S/C24H26N4O3/c1-28-9-6-16(7-10-28)14-31-23-13-20-18(12-22(23)29-2)24(26-15-25-20)27-19-4-3-5-21-17(19)8-11-30-21/h3-5,8,11-13,15-16H,6-7,9-10,14H2,1-2H3,(H,25,26,27). The molecule has 4 aromatic rings. The Morgan fingerprint density at radius 2 is 1.97 bits per heavy atom. The Morgan fingerprint density at radius 3 is 2.81 bits per heavy atom. The van der Waals surface area contributed by atoms with Gasteiger partial charge in [0.1, 0.15) is 17.7 Å². The predicted octanol–water partition coefficient (Wildman–Crippen LogP) is 4.85. The van der Waals surface area contributed by atoms with Crippen molar-refractivity contribution < 1.29 is 13.9 Å². The molecule has 1 aliphatic rings. The molecular formula is C24H26N4O3. The van der Waals surface area contributed by atoms with Gasteiger partial charge in [0.15, 0.2) is 11.5 Å². The molecule has 0 atom stereocenters. The molecule has 0 spiro atoms. The number of nitrogens with one attached hydrogen (secondary N) is 1. The second kappa shape index (κ2) is 8.43. The SMILES string of the molecule is COc1cc2c(Nc3cccc4occc34)ncnc2cc1OCC1CCN(C)CC1. The minimum atomic E-state index is 0.565. The minimum absolute atomic E-state index is 0.565. The smallest absolute Gasteiger partial charge is 0.163 e. The van der Waals surface area contributed by atoms with E-state index in [1.54, 1.807) is 19.7 Å². The van der Waals surface area contributed by atoms with E-state index in [9.17, 15) is 0 Å². The highest BCUT2D eigenvalue weighted by atomic mass is 16.5. The number of aromatic nitrogens is 2. The molecule has 0 saturated carbocycles. The molecule has 160 valence electrons. The van der Waals surface area contributed by atoms with E-state index in [2.05, 4.69) is 27.2 Å². The monoisotopic (exact) mass is 418 g/mol. The lowest BCUT2D eigenvalue weighted by Crippen LogP contribution is -2.32. The van der Waals surface area contributed by atoms with Crippen molar-refractivity contribution in [2.24, 2.45) is 5.92 Å². The third kappa shape index (κ3) is 4.01. The Hall–Kier alpha value is -3.32. The topological polar surface area (TPSA) is 72.6 Å². The van der Waals surface area contributed by atoms with Crippen LogP contribution in [0.2, 0.25) is 0 Å². The van der Waals surface area contributed by atoms with Crippen molar-refractivity contribution in [3.63, 3.8) is 0 Å². The first kappa shape index (κ1) is 19.6. The van der Waals surface area contributed by atoms with Crippen molar-refractivity contribution in [1.82, 2.24) is 14.9 Å². The summed E-state index contributed by atoms with van der Waals surface area (Å²) < 4.78 is 17.3. The summed E-state index contributed by atoms with van der Waals surface area (Å²) in [6.45, 7) is 2.93. The maximum absolute atomic E-state index is 6.18. The third-order valence-corrected chi connectivity index (χ3v) is 5.98. The summed E-state index contributed by atoms with van der Waals surface area (Å²) in [7, 11) is 3.83. The summed E-state index contributed by atoms with van der Waals surface area (Å²) in [5.41, 5.74) is 2.55. The summed E-state index contributed by atoms with van der Waals surface area (Å²) in [6.07, 6.45) is 5.56. The van der Waals surface area contributed by atoms with Gasteiger partial charge >= 0.3 is 0 Å². The Bertz CT molecular complexity index is 1200. The highest BCUT2D eigenvalue weighted by Crippen LogP contribution is 2.36. The summed E-state index contributed by atoms with van der Waals surface area (Å²) in [6, 6.07) is 11.7. The number of ether oxygens (including phenoxy) is 2. The molecule has 1 fully saturated rings. The average molecular weight is 418 g/mol. The van der Waals surface area contributed by atoms with Crippen molar-refractivity contribution in [2.75, 3.05) is 39.2 Å². The zero-order valence-electron chi connectivity index (χ0n) is 17.8. The van der Waals surface area contributed by atoms with Gasteiger partial charge in [-0.1, -0.05) is 6.07 Å². The Morgan fingerprint density at radius 1 is 1.10 bits per heavy atom. The van der Waals surface area contributed by atoms with E-state index in [0.717, 1.165) is 59.2 Å². The maximum Gasteiger partial charge on any atom is 0.163 e. The molecule has 1 N–H and O–H groups in total. The van der Waals surface area contributed by atoms with Crippen LogP contribution in [0, 0.1) is 5.92 Å². The van der Waals surface area contributed by atoms with Crippen molar-refractivity contribution in [3.05, 3.63) is 49.0 Å². The molecule has 0 unspecified atom stereocenters. The first-order valence-corrected chi connectivity index (χ1v) is 10.6. The zero-order valence-corrected chi connectivity index (χ0v) is 17.8. The van der Waals surface area contributed by atoms with E-state index in [0.29, 0.717) is 24.1 Å². The lowest BCUT2D eigenvalue weighted by Gasteiger charge is -2.28. The number of nitrogens with zero attached hydrogens (tertiary/aromatic N) is 3. The van der Waals surface area contributed by atoms with Gasteiger partial charge < -0.3 is 24.1 Å². The Balaban J connectivity index is 1.43. The van der Waals surface area contributed by atoms with Gasteiger partial charge in [0, 0.05) is 16.8 Å². The lowest BCUT2D eigenvalue weighted by atomic mass is 9.98. The van der Waals surface area contributed by atoms with Gasteiger partial charge in [-0.05, 0) is 63.2 Å². The third-order valence-electron chi connectivity index (χ3n) is 5.98. The van der Waals surface area contributed by atoms with Crippen LogP contribution in [-0.2, 0) is 0 Å². The summed E-state index contributed by atoms with van der Waals surface area (Å²) in [4.78, 5) is 11.3. The van der Waals surface area contributed by atoms with E-state index >= 15 is 0 Å². The summed E-state index contributed by atoms with van der Waals surface area (Å²) in [5.74, 6) is 2.67. The molecule has 7 nitrogen and oxygen atoms in total. The van der Waals surface area contributed by atoms with Gasteiger partial charge in [-0.3, -0.25) is 0 Å². The molecule has 0 amide bonds. The van der Waals surface area contributed by atoms with Gasteiger partial charge in [-0.2, -0.15) is 0 Å². The molecule has 0 bridgehead atoms. The average Bonchev–Trinajstić information content (AvgIpc) is 3.28. The fraction of sp³-hybridized carbons (Fsp3) is 0.333. The van der Waals surface area contributed by atoms with Crippen LogP contribution in [0.1, 0.15) is 12.8 Å². The zero-order chi connectivity index (χ0) is 21.2. The number of benzene rings is 2. The van der Waals surface area contributed by atoms with Crippen LogP contribution in [-0.4, -0.2) is 48.7 Å². The molecule has 1 saturated heterocycles. The van der Waals surface area contributed by atoms with E-state index in [1.807, 2.05) is 36.4 Å². The fourth-order valence-electron chi connectivity index (χ4n) is 4.10. The van der Waals surface area contributed by atoms with Crippen LogP contribution in [0.4, 0.5) is 11.5 Å². The van der Waals surface area contributed by atoms with E-state index in [4.69, 9.17) is 13.9 Å². The van der Waals surface area contributed by atoms with Gasteiger partial charge in [0.05, 0.1) is 31.2 Å². The molecule has 1 aliphatic heterocycles. The predicted molar refractivity (Wildman–Crippen MR) is 121 cm³/mol. The van der Waals surface area contributed by atoms with Gasteiger partial charge in [0.25, 0.3) is 0 Å². The number of piperidine rings is 1. The summed E-state index contributed by atoms with van der Waals surface area (Å²) >= 11 is 0. The molecule has 7 heteroatoms. The normalized spacial score (nSPS) is 15.4. The van der Waals surface area contributed by atoms with Crippen molar-refractivity contribution in [2.45, 2.75) is 12.8 Å². The number of methoxy groups -OCH3 is 1. The molecular weight excluding hydrogens is 392 g/mol. The second-order valence-electron chi connectivity index (χ2n) is 8.06. The van der Waals surface area contributed by atoms with Crippen LogP contribution in [0.5, 0.6) is 11.5 Å². The Labute approximate surface area is 181 Å². The largest absolute Gasteiger partial charge is 0.493 e.